The molecule has 0 spiro atoms. The third kappa shape index (κ3) is 4.65. The second-order valence-electron chi connectivity index (χ2n) is 9.16. The summed E-state index contributed by atoms with van der Waals surface area (Å²) in [4.78, 5) is 31.3. The second-order valence-corrected chi connectivity index (χ2v) is 9.91. The fourth-order valence-corrected chi connectivity index (χ4v) is 5.72. The molecule has 11 heteroatoms. The predicted molar refractivity (Wildman–Crippen MR) is 148 cm³/mol. The van der Waals surface area contributed by atoms with Crippen molar-refractivity contribution in [3.05, 3.63) is 44.6 Å². The van der Waals surface area contributed by atoms with Crippen LogP contribution in [0, 0.1) is 6.92 Å². The van der Waals surface area contributed by atoms with Gasteiger partial charge in [0, 0.05) is 62.5 Å². The van der Waals surface area contributed by atoms with E-state index in [0.29, 0.717) is 34.8 Å². The van der Waals surface area contributed by atoms with Gasteiger partial charge in [0.1, 0.15) is 22.8 Å². The summed E-state index contributed by atoms with van der Waals surface area (Å²) in [7, 11) is 3.02. The summed E-state index contributed by atoms with van der Waals surface area (Å²) >= 11 is 13.4. The molecule has 5 rings (SSSR count). The number of aryl methyl sites for hydroxylation is 1. The van der Waals surface area contributed by atoms with E-state index >= 15 is 0 Å². The Morgan fingerprint density at radius 2 is 1.65 bits per heavy atom. The fraction of sp³-hybridized carbons (Fsp3) is 0.423. The lowest BCUT2D eigenvalue weighted by Crippen LogP contribution is -2.47. The Morgan fingerprint density at radius 1 is 1.00 bits per heavy atom. The average Bonchev–Trinajstić information content (AvgIpc) is 3.29. The van der Waals surface area contributed by atoms with E-state index in [1.54, 1.807) is 22.9 Å². The molecule has 1 fully saturated rings. The van der Waals surface area contributed by atoms with Crippen LogP contribution in [-0.2, 0) is 6.54 Å². The molecule has 1 aliphatic rings. The molecule has 0 unspecified atom stereocenters. The lowest BCUT2D eigenvalue weighted by Gasteiger charge is -2.34. The summed E-state index contributed by atoms with van der Waals surface area (Å²) in [5.41, 5.74) is 2.58. The van der Waals surface area contributed by atoms with Crippen LogP contribution in [-0.4, -0.2) is 82.8 Å². The van der Waals surface area contributed by atoms with Crippen LogP contribution in [0.2, 0.25) is 10.0 Å². The highest BCUT2D eigenvalue weighted by Gasteiger charge is 2.24. The Morgan fingerprint density at radius 3 is 2.27 bits per heavy atom. The minimum atomic E-state index is -0.210. The first-order chi connectivity index (χ1) is 17.9. The molecule has 1 saturated heterocycles. The van der Waals surface area contributed by atoms with E-state index in [-0.39, 0.29) is 15.6 Å². The van der Waals surface area contributed by atoms with E-state index in [1.807, 2.05) is 6.92 Å². The van der Waals surface area contributed by atoms with Crippen LogP contribution in [0.4, 0.5) is 0 Å². The van der Waals surface area contributed by atoms with Gasteiger partial charge in [-0.3, -0.25) is 9.69 Å². The van der Waals surface area contributed by atoms with Crippen LogP contribution in [0.3, 0.4) is 0 Å². The highest BCUT2D eigenvalue weighted by atomic mass is 35.5. The molecule has 9 nitrogen and oxygen atoms in total. The number of hydrogen-bond donors (Lipinski definition) is 1. The van der Waals surface area contributed by atoms with Gasteiger partial charge in [0.15, 0.2) is 5.65 Å². The lowest BCUT2D eigenvalue weighted by atomic mass is 10.0. The molecule has 0 saturated carbocycles. The van der Waals surface area contributed by atoms with Gasteiger partial charge in [0.05, 0.1) is 35.3 Å². The molecule has 1 aliphatic heterocycles. The molecule has 0 amide bonds. The molecule has 196 valence electrons. The summed E-state index contributed by atoms with van der Waals surface area (Å²) in [6.07, 6.45) is 1.73. The average molecular weight is 545 g/mol. The second kappa shape index (κ2) is 10.5. The Kier molecular flexibility index (Phi) is 7.31. The number of methoxy groups -OCH3 is 2. The first kappa shape index (κ1) is 25.8. The number of nitrogens with zero attached hydrogens (tertiary/aromatic N) is 5. The number of piperazine rings is 1. The summed E-state index contributed by atoms with van der Waals surface area (Å²) < 4.78 is 12.7. The van der Waals surface area contributed by atoms with Crippen molar-refractivity contribution in [2.24, 2.45) is 0 Å². The van der Waals surface area contributed by atoms with Crippen molar-refractivity contribution in [1.82, 2.24) is 29.3 Å². The van der Waals surface area contributed by atoms with Gasteiger partial charge in [-0.2, -0.15) is 0 Å². The molecule has 4 aromatic rings. The molecule has 0 atom stereocenters. The largest absolute Gasteiger partial charge is 0.495 e. The molecule has 37 heavy (non-hydrogen) atoms. The molecular weight excluding hydrogens is 515 g/mol. The third-order valence-electron chi connectivity index (χ3n) is 7.08. The highest BCUT2D eigenvalue weighted by Crippen LogP contribution is 2.45. The van der Waals surface area contributed by atoms with Gasteiger partial charge in [-0.1, -0.05) is 30.1 Å². The third-order valence-corrected chi connectivity index (χ3v) is 7.83. The zero-order valence-electron chi connectivity index (χ0n) is 21.4. The van der Waals surface area contributed by atoms with E-state index < -0.39 is 0 Å². The van der Waals surface area contributed by atoms with Crippen molar-refractivity contribution in [3.8, 4) is 22.6 Å². The molecular formula is C26H30Cl2N6O3. The van der Waals surface area contributed by atoms with Crippen LogP contribution >= 0.6 is 23.2 Å². The van der Waals surface area contributed by atoms with Crippen molar-refractivity contribution < 1.29 is 9.47 Å². The molecule has 1 aromatic carbocycles. The molecule has 4 heterocycles. The van der Waals surface area contributed by atoms with Crippen LogP contribution in [0.15, 0.2) is 23.1 Å². The van der Waals surface area contributed by atoms with Crippen molar-refractivity contribution >= 4 is 45.3 Å². The minimum Gasteiger partial charge on any atom is -0.495 e. The van der Waals surface area contributed by atoms with Gasteiger partial charge in [0.2, 0.25) is 0 Å². The first-order valence-electron chi connectivity index (χ1n) is 12.3. The van der Waals surface area contributed by atoms with E-state index in [0.717, 1.165) is 61.5 Å². The van der Waals surface area contributed by atoms with Crippen LogP contribution in [0.5, 0.6) is 11.5 Å². The lowest BCUT2D eigenvalue weighted by molar-refractivity contribution is 0.134. The highest BCUT2D eigenvalue weighted by molar-refractivity contribution is 6.41. The Hall–Kier alpha value is -2.85. The van der Waals surface area contributed by atoms with E-state index in [4.69, 9.17) is 32.7 Å². The minimum absolute atomic E-state index is 0.210. The normalized spacial score (nSPS) is 15.1. The number of imidazole rings is 1. The van der Waals surface area contributed by atoms with Gasteiger partial charge >= 0.3 is 0 Å². The summed E-state index contributed by atoms with van der Waals surface area (Å²) in [5, 5.41) is 1.27. The number of likely N-dealkylation sites (N-methyl/N-ethyl adjacent to an activating group) is 1. The maximum atomic E-state index is 14.2. The molecule has 3 aromatic heterocycles. The quantitative estimate of drug-likeness (QED) is 0.372. The molecule has 0 radical (unpaired) electrons. The number of hydrogen-bond acceptors (Lipinski definition) is 7. The number of aromatic nitrogens is 4. The van der Waals surface area contributed by atoms with Crippen molar-refractivity contribution in [2.75, 3.05) is 53.5 Å². The van der Waals surface area contributed by atoms with E-state index in [9.17, 15) is 4.79 Å². The fourth-order valence-electron chi connectivity index (χ4n) is 5.02. The zero-order valence-corrected chi connectivity index (χ0v) is 22.9. The summed E-state index contributed by atoms with van der Waals surface area (Å²) in [5.74, 6) is 1.48. The van der Waals surface area contributed by atoms with E-state index in [1.165, 1.54) is 14.2 Å². The SMILES string of the molecule is CCN1CCN(CCn2c(=O)c(-c3c(Cl)c(OC)cc(OC)c3Cl)cc3cnc4nc(C)[nH]c4c32)CC1. The zero-order chi connectivity index (χ0) is 26.3. The number of benzene rings is 1. The molecule has 0 aliphatic carbocycles. The topological polar surface area (TPSA) is 88.5 Å². The smallest absolute Gasteiger partial charge is 0.259 e. The number of nitrogens with one attached hydrogen (secondary N) is 1. The number of halogens is 2. The van der Waals surface area contributed by atoms with Gasteiger partial charge in [-0.15, -0.1) is 0 Å². The van der Waals surface area contributed by atoms with Crippen molar-refractivity contribution in [2.45, 2.75) is 20.4 Å². The van der Waals surface area contributed by atoms with Crippen LogP contribution in [0.1, 0.15) is 12.7 Å². The first-order valence-corrected chi connectivity index (χ1v) is 13.1. The van der Waals surface area contributed by atoms with Crippen molar-refractivity contribution in [1.29, 1.82) is 0 Å². The summed E-state index contributed by atoms with van der Waals surface area (Å²) in [6.45, 7) is 10.3. The number of ether oxygens (including phenoxy) is 2. The van der Waals surface area contributed by atoms with Gasteiger partial charge in [-0.05, 0) is 19.5 Å². The Bertz CT molecular complexity index is 1500. The number of rotatable bonds is 7. The Balaban J connectivity index is 1.70. The number of H-pyrrole nitrogens is 1. The molecule has 1 N–H and O–H groups in total. The van der Waals surface area contributed by atoms with Crippen LogP contribution in [0.25, 0.3) is 33.2 Å². The Labute approximate surface area is 224 Å². The maximum Gasteiger partial charge on any atom is 0.259 e. The summed E-state index contributed by atoms with van der Waals surface area (Å²) in [6, 6.07) is 3.39. The predicted octanol–water partition coefficient (Wildman–Crippen LogP) is 4.21. The van der Waals surface area contributed by atoms with Crippen LogP contribution < -0.4 is 15.0 Å². The van der Waals surface area contributed by atoms with Gasteiger partial charge in [-0.25, -0.2) is 9.97 Å². The number of pyridine rings is 2. The number of fused-ring (bicyclic) bond motifs is 3. The van der Waals surface area contributed by atoms with Crippen molar-refractivity contribution in [3.63, 3.8) is 0 Å². The number of aromatic amines is 1. The van der Waals surface area contributed by atoms with Gasteiger partial charge in [0.25, 0.3) is 5.56 Å². The molecule has 0 bridgehead atoms. The standard InChI is InChI=1S/C26H30Cl2N6O3/c1-5-32-6-8-33(9-7-32)10-11-34-24-16(14-29-25-23(24)30-15(2)31-25)12-17(26(34)35)20-21(27)18(36-3)13-19(37-4)22(20)28/h12-14H,5-11H2,1-4H3,(H,29,30,31). The monoisotopic (exact) mass is 544 g/mol. The van der Waals surface area contributed by atoms with Gasteiger partial charge < -0.3 is 23.9 Å². The van der Waals surface area contributed by atoms with E-state index in [2.05, 4.69) is 31.7 Å². The maximum absolute atomic E-state index is 14.2.